The third kappa shape index (κ3) is 3.34. The summed E-state index contributed by atoms with van der Waals surface area (Å²) < 4.78 is 47.6. The minimum absolute atomic E-state index is 0.119. The number of rotatable bonds is 2. The van der Waals surface area contributed by atoms with E-state index in [0.29, 0.717) is 10.7 Å². The first-order chi connectivity index (χ1) is 14.2. The van der Waals surface area contributed by atoms with E-state index in [1.165, 1.54) is 18.2 Å². The molecule has 2 aliphatic rings. The maximum absolute atomic E-state index is 14.0. The Morgan fingerprint density at radius 1 is 1.13 bits per heavy atom. The first-order valence-electron chi connectivity index (χ1n) is 8.73. The SMILES string of the molecule is N#CC1=C(N)O[C@H]2[C@@H](C(C(F)(F)F)=NN2c2ccccc2)[C@@H]1c1ccc(Cl)cc1Cl. The van der Waals surface area contributed by atoms with Gasteiger partial charge in [0.1, 0.15) is 6.07 Å². The Labute approximate surface area is 179 Å². The van der Waals surface area contributed by atoms with Gasteiger partial charge in [-0.25, -0.2) is 5.01 Å². The van der Waals surface area contributed by atoms with Crippen LogP contribution in [0.15, 0.2) is 65.1 Å². The van der Waals surface area contributed by atoms with E-state index >= 15 is 0 Å². The second kappa shape index (κ2) is 7.42. The predicted octanol–water partition coefficient (Wildman–Crippen LogP) is 5.18. The number of ether oxygens (including phenoxy) is 1. The molecule has 2 aromatic rings. The Morgan fingerprint density at radius 3 is 2.43 bits per heavy atom. The van der Waals surface area contributed by atoms with E-state index in [9.17, 15) is 18.4 Å². The lowest BCUT2D eigenvalue weighted by Gasteiger charge is -2.37. The minimum atomic E-state index is -4.76. The van der Waals surface area contributed by atoms with Crippen LogP contribution < -0.4 is 10.7 Å². The fourth-order valence-electron chi connectivity index (χ4n) is 3.76. The molecule has 0 bridgehead atoms. The summed E-state index contributed by atoms with van der Waals surface area (Å²) in [5.41, 5.74) is 5.41. The highest BCUT2D eigenvalue weighted by atomic mass is 35.5. The van der Waals surface area contributed by atoms with Gasteiger partial charge in [0.15, 0.2) is 5.71 Å². The standard InChI is InChI=1S/C20H13Cl2F3N4O/c21-10-6-7-12(14(22)8-10)15-13(9-26)18(27)30-19-16(15)17(20(23,24)25)28-29(19)11-4-2-1-3-5-11/h1-8,15-16,19H,27H2/t15-,16-,19+/m1/s1. The Balaban J connectivity index is 1.93. The minimum Gasteiger partial charge on any atom is -0.452 e. The van der Waals surface area contributed by atoms with E-state index in [1.54, 1.807) is 30.3 Å². The average molecular weight is 453 g/mol. The summed E-state index contributed by atoms with van der Waals surface area (Å²) in [6.45, 7) is 0. The van der Waals surface area contributed by atoms with Gasteiger partial charge in [-0.15, -0.1) is 0 Å². The van der Waals surface area contributed by atoms with Crippen LogP contribution in [0.1, 0.15) is 11.5 Å². The van der Waals surface area contributed by atoms with Gasteiger partial charge < -0.3 is 10.5 Å². The van der Waals surface area contributed by atoms with Crippen molar-refractivity contribution >= 4 is 34.6 Å². The van der Waals surface area contributed by atoms with Crippen molar-refractivity contribution in [1.82, 2.24) is 0 Å². The number of nitriles is 1. The van der Waals surface area contributed by atoms with Crippen LogP contribution in [0.3, 0.4) is 0 Å². The van der Waals surface area contributed by atoms with E-state index in [2.05, 4.69) is 5.10 Å². The van der Waals surface area contributed by atoms with E-state index in [-0.39, 0.29) is 22.0 Å². The van der Waals surface area contributed by atoms with Crippen LogP contribution in [0.25, 0.3) is 0 Å². The maximum Gasteiger partial charge on any atom is 0.431 e. The smallest absolute Gasteiger partial charge is 0.431 e. The molecule has 154 valence electrons. The molecule has 0 amide bonds. The number of anilines is 1. The summed E-state index contributed by atoms with van der Waals surface area (Å²) >= 11 is 12.3. The number of hydrazone groups is 1. The van der Waals surface area contributed by atoms with Gasteiger partial charge in [0.05, 0.1) is 17.2 Å². The lowest BCUT2D eigenvalue weighted by Crippen LogP contribution is -2.46. The Kier molecular flexibility index (Phi) is 5.04. The summed E-state index contributed by atoms with van der Waals surface area (Å²) in [5.74, 6) is -2.76. The maximum atomic E-state index is 14.0. The zero-order valence-corrected chi connectivity index (χ0v) is 16.6. The van der Waals surface area contributed by atoms with Crippen molar-refractivity contribution < 1.29 is 17.9 Å². The van der Waals surface area contributed by atoms with Crippen molar-refractivity contribution in [3.8, 4) is 6.07 Å². The summed E-state index contributed by atoms with van der Waals surface area (Å²) in [5, 5.41) is 15.1. The van der Waals surface area contributed by atoms with Gasteiger partial charge >= 0.3 is 6.18 Å². The molecule has 0 spiro atoms. The number of benzene rings is 2. The first-order valence-corrected chi connectivity index (χ1v) is 9.49. The second-order valence-corrected chi connectivity index (χ2v) is 7.57. The number of nitrogens with zero attached hydrogens (tertiary/aromatic N) is 3. The van der Waals surface area contributed by atoms with Gasteiger partial charge in [-0.05, 0) is 29.8 Å². The Morgan fingerprint density at radius 2 is 1.83 bits per heavy atom. The average Bonchev–Trinajstić information content (AvgIpc) is 3.07. The molecule has 0 radical (unpaired) electrons. The molecule has 4 rings (SSSR count). The highest BCUT2D eigenvalue weighted by Gasteiger charge is 2.58. The number of para-hydroxylation sites is 1. The molecule has 5 nitrogen and oxygen atoms in total. The van der Waals surface area contributed by atoms with Crippen LogP contribution in [0.2, 0.25) is 10.0 Å². The van der Waals surface area contributed by atoms with Crippen LogP contribution in [0.4, 0.5) is 18.9 Å². The third-order valence-electron chi connectivity index (χ3n) is 4.99. The number of hydrogen-bond donors (Lipinski definition) is 1. The van der Waals surface area contributed by atoms with Gasteiger partial charge in [0.2, 0.25) is 12.1 Å². The molecule has 3 atom stereocenters. The molecular weight excluding hydrogens is 440 g/mol. The highest BCUT2D eigenvalue weighted by molar-refractivity contribution is 6.35. The lowest BCUT2D eigenvalue weighted by atomic mass is 9.76. The molecule has 2 aromatic carbocycles. The topological polar surface area (TPSA) is 74.6 Å². The first kappa shape index (κ1) is 20.4. The number of fused-ring (bicyclic) bond motifs is 1. The molecule has 2 N–H and O–H groups in total. The fourth-order valence-corrected chi connectivity index (χ4v) is 4.28. The molecular formula is C20H13Cl2F3N4O. The zero-order chi connectivity index (χ0) is 21.6. The van der Waals surface area contributed by atoms with Crippen molar-refractivity contribution in [2.24, 2.45) is 16.8 Å². The summed E-state index contributed by atoms with van der Waals surface area (Å²) in [4.78, 5) is 0. The highest BCUT2D eigenvalue weighted by Crippen LogP contribution is 2.50. The van der Waals surface area contributed by atoms with Crippen molar-refractivity contribution in [2.45, 2.75) is 18.3 Å². The van der Waals surface area contributed by atoms with Crippen molar-refractivity contribution in [2.75, 3.05) is 5.01 Å². The van der Waals surface area contributed by atoms with Gasteiger partial charge in [0, 0.05) is 16.0 Å². The molecule has 0 aliphatic carbocycles. The normalized spacial score (nSPS) is 23.5. The lowest BCUT2D eigenvalue weighted by molar-refractivity contribution is -0.0658. The van der Waals surface area contributed by atoms with E-state index in [4.69, 9.17) is 33.7 Å². The van der Waals surface area contributed by atoms with Crippen LogP contribution >= 0.6 is 23.2 Å². The van der Waals surface area contributed by atoms with Gasteiger partial charge in [-0.2, -0.15) is 23.5 Å². The number of nitrogens with two attached hydrogens (primary N) is 1. The van der Waals surface area contributed by atoms with Crippen molar-refractivity contribution in [3.05, 3.63) is 75.6 Å². The largest absolute Gasteiger partial charge is 0.452 e. The number of allylic oxidation sites excluding steroid dienone is 1. The summed E-state index contributed by atoms with van der Waals surface area (Å²) in [7, 11) is 0. The fraction of sp³-hybridized carbons (Fsp3) is 0.200. The molecule has 0 aromatic heterocycles. The van der Waals surface area contributed by atoms with Crippen LogP contribution in [-0.2, 0) is 4.74 Å². The molecule has 2 heterocycles. The van der Waals surface area contributed by atoms with Crippen LogP contribution in [-0.4, -0.2) is 18.1 Å². The quantitative estimate of drug-likeness (QED) is 0.680. The monoisotopic (exact) mass is 452 g/mol. The molecule has 0 unspecified atom stereocenters. The molecule has 2 aliphatic heterocycles. The van der Waals surface area contributed by atoms with E-state index < -0.39 is 30.0 Å². The Bertz CT molecular complexity index is 1100. The van der Waals surface area contributed by atoms with E-state index in [0.717, 1.165) is 5.01 Å². The predicted molar refractivity (Wildman–Crippen MR) is 107 cm³/mol. The molecule has 0 saturated heterocycles. The van der Waals surface area contributed by atoms with Gasteiger partial charge in [-0.3, -0.25) is 0 Å². The molecule has 0 fully saturated rings. The second-order valence-electron chi connectivity index (χ2n) is 6.73. The van der Waals surface area contributed by atoms with Gasteiger partial charge in [0.25, 0.3) is 0 Å². The van der Waals surface area contributed by atoms with Crippen LogP contribution in [0.5, 0.6) is 0 Å². The van der Waals surface area contributed by atoms with Crippen LogP contribution in [0, 0.1) is 17.2 Å². The van der Waals surface area contributed by atoms with Gasteiger partial charge in [-0.1, -0.05) is 47.5 Å². The summed E-state index contributed by atoms with van der Waals surface area (Å²) in [6.07, 6.45) is -5.97. The number of hydrogen-bond acceptors (Lipinski definition) is 5. The van der Waals surface area contributed by atoms with Crippen molar-refractivity contribution in [3.63, 3.8) is 0 Å². The molecule has 30 heavy (non-hydrogen) atoms. The number of halogens is 5. The van der Waals surface area contributed by atoms with Crippen molar-refractivity contribution in [1.29, 1.82) is 5.26 Å². The summed E-state index contributed by atoms with van der Waals surface area (Å²) in [6, 6.07) is 14.5. The third-order valence-corrected chi connectivity index (χ3v) is 5.55. The molecule has 10 heteroatoms. The Hall–Kier alpha value is -2.89. The number of alkyl halides is 3. The van der Waals surface area contributed by atoms with E-state index in [1.807, 2.05) is 6.07 Å². The zero-order valence-electron chi connectivity index (χ0n) is 15.1. The molecule has 0 saturated carbocycles.